The van der Waals surface area contributed by atoms with E-state index in [2.05, 4.69) is 228 Å². The number of rotatable bonds is 7. The van der Waals surface area contributed by atoms with Gasteiger partial charge < -0.3 is 4.57 Å². The molecular formula is C63H39N5S. The molecule has 5 nitrogen and oxygen atoms in total. The Morgan fingerprint density at radius 1 is 0.319 bits per heavy atom. The molecule has 14 rings (SSSR count). The Labute approximate surface area is 401 Å². The van der Waals surface area contributed by atoms with Gasteiger partial charge in [-0.25, -0.2) is 4.98 Å². The van der Waals surface area contributed by atoms with E-state index in [1.807, 2.05) is 29.5 Å². The highest BCUT2D eigenvalue weighted by Crippen LogP contribution is 2.45. The minimum atomic E-state index is 0.563. The lowest BCUT2D eigenvalue weighted by Gasteiger charge is -2.14. The molecule has 322 valence electrons. The third-order valence-electron chi connectivity index (χ3n) is 13.6. The van der Waals surface area contributed by atoms with Crippen LogP contribution in [-0.2, 0) is 0 Å². The summed E-state index contributed by atoms with van der Waals surface area (Å²) in [6, 6.07) is 84.5. The zero-order valence-electron chi connectivity index (χ0n) is 37.2. The molecule has 0 saturated carbocycles. The van der Waals surface area contributed by atoms with Gasteiger partial charge in [0.05, 0.1) is 22.1 Å². The van der Waals surface area contributed by atoms with Crippen LogP contribution >= 0.6 is 11.3 Å². The first-order valence-electron chi connectivity index (χ1n) is 23.3. The molecule has 69 heavy (non-hydrogen) atoms. The predicted molar refractivity (Wildman–Crippen MR) is 289 cm³/mol. The van der Waals surface area contributed by atoms with E-state index in [4.69, 9.17) is 15.0 Å². The first-order chi connectivity index (χ1) is 34.2. The van der Waals surface area contributed by atoms with Gasteiger partial charge in [-0.3, -0.25) is 4.57 Å². The molecule has 0 radical (unpaired) electrons. The molecule has 0 aliphatic rings. The van der Waals surface area contributed by atoms with Gasteiger partial charge in [0.2, 0.25) is 5.95 Å². The maximum atomic E-state index is 5.48. The van der Waals surface area contributed by atoms with E-state index in [0.29, 0.717) is 17.6 Å². The van der Waals surface area contributed by atoms with Gasteiger partial charge in [0, 0.05) is 69.7 Å². The zero-order chi connectivity index (χ0) is 45.4. The number of aromatic nitrogens is 5. The Hall–Kier alpha value is -8.97. The van der Waals surface area contributed by atoms with Crippen molar-refractivity contribution in [3.05, 3.63) is 237 Å². The molecule has 0 bridgehead atoms. The minimum absolute atomic E-state index is 0.563. The average Bonchev–Trinajstić information content (AvgIpc) is 4.09. The van der Waals surface area contributed by atoms with E-state index in [-0.39, 0.29) is 0 Å². The van der Waals surface area contributed by atoms with Crippen LogP contribution < -0.4 is 0 Å². The van der Waals surface area contributed by atoms with Gasteiger partial charge in [-0.2, -0.15) is 9.97 Å². The highest BCUT2D eigenvalue weighted by Gasteiger charge is 2.23. The molecule has 0 spiro atoms. The summed E-state index contributed by atoms with van der Waals surface area (Å²) in [6.07, 6.45) is 0. The molecule has 0 unspecified atom stereocenters. The largest absolute Gasteiger partial charge is 0.309 e. The third-order valence-corrected chi connectivity index (χ3v) is 14.8. The van der Waals surface area contributed by atoms with Crippen LogP contribution in [0.25, 0.3) is 132 Å². The lowest BCUT2D eigenvalue weighted by atomic mass is 9.96. The van der Waals surface area contributed by atoms with Gasteiger partial charge in [0.15, 0.2) is 11.6 Å². The first-order valence-corrected chi connectivity index (χ1v) is 24.1. The van der Waals surface area contributed by atoms with Crippen LogP contribution in [0.3, 0.4) is 0 Å². The van der Waals surface area contributed by atoms with Crippen molar-refractivity contribution in [1.29, 1.82) is 0 Å². The molecule has 0 N–H and O–H groups in total. The van der Waals surface area contributed by atoms with Crippen molar-refractivity contribution in [3.63, 3.8) is 0 Å². The summed E-state index contributed by atoms with van der Waals surface area (Å²) in [5.74, 6) is 1.77. The van der Waals surface area contributed by atoms with E-state index in [1.165, 1.54) is 47.6 Å². The summed E-state index contributed by atoms with van der Waals surface area (Å²) in [4.78, 5) is 16.1. The molecule has 0 aliphatic heterocycles. The average molecular weight is 898 g/mol. The van der Waals surface area contributed by atoms with Crippen LogP contribution in [0.5, 0.6) is 0 Å². The molecule has 0 saturated heterocycles. The monoisotopic (exact) mass is 897 g/mol. The van der Waals surface area contributed by atoms with E-state index in [1.54, 1.807) is 0 Å². The van der Waals surface area contributed by atoms with Gasteiger partial charge >= 0.3 is 0 Å². The number of benzene rings is 10. The van der Waals surface area contributed by atoms with Gasteiger partial charge in [-0.05, 0) is 70.8 Å². The van der Waals surface area contributed by atoms with Crippen LogP contribution in [0.1, 0.15) is 0 Å². The summed E-state index contributed by atoms with van der Waals surface area (Å²) < 4.78 is 7.19. The lowest BCUT2D eigenvalue weighted by Crippen LogP contribution is -2.07. The number of nitrogens with zero attached hydrogens (tertiary/aromatic N) is 5. The predicted octanol–water partition coefficient (Wildman–Crippen LogP) is 16.8. The molecule has 6 heteroatoms. The molecule has 4 aromatic heterocycles. The summed E-state index contributed by atoms with van der Waals surface area (Å²) in [7, 11) is 0. The van der Waals surface area contributed by atoms with Crippen molar-refractivity contribution in [1.82, 2.24) is 24.1 Å². The molecule has 14 aromatic rings. The number of fused-ring (bicyclic) bond motifs is 9. The minimum Gasteiger partial charge on any atom is -0.309 e. The van der Waals surface area contributed by atoms with E-state index in [9.17, 15) is 0 Å². The van der Waals surface area contributed by atoms with E-state index >= 15 is 0 Å². The quantitative estimate of drug-likeness (QED) is 0.160. The Bertz CT molecular complexity index is 4300. The smallest absolute Gasteiger partial charge is 0.238 e. The highest BCUT2D eigenvalue weighted by atomic mass is 32.1. The Morgan fingerprint density at radius 3 is 1.72 bits per heavy atom. The van der Waals surface area contributed by atoms with Crippen molar-refractivity contribution in [2.45, 2.75) is 0 Å². The molecule has 0 atom stereocenters. The Balaban J connectivity index is 0.999. The van der Waals surface area contributed by atoms with Crippen molar-refractivity contribution in [2.75, 3.05) is 0 Å². The second-order valence-corrected chi connectivity index (χ2v) is 18.6. The standard InChI is InChI=1S/C63H39N5S/c1-4-18-40(19-5-1)42-36-37-55-53(39-42)58-46(28-17-34-56(58)67(55)45-24-8-3-9-25-45)43-22-14-23-44(38-43)62-64-61(41-20-6-2-7-21-41)65-63(66-62)68-54-33-12-10-26-47(54)49-29-15-30-50(59(49)68)52-32-16-31-51-48-27-11-13-35-57(48)69-60(51)52/h1-39H. The van der Waals surface area contributed by atoms with Gasteiger partial charge in [-0.15, -0.1) is 11.3 Å². The fraction of sp³-hybridized carbons (Fsp3) is 0. The fourth-order valence-electron chi connectivity index (χ4n) is 10.5. The second kappa shape index (κ2) is 15.8. The van der Waals surface area contributed by atoms with Crippen LogP contribution in [0.15, 0.2) is 237 Å². The molecule has 0 aliphatic carbocycles. The lowest BCUT2D eigenvalue weighted by molar-refractivity contribution is 0.954. The van der Waals surface area contributed by atoms with Crippen LogP contribution in [0, 0.1) is 0 Å². The molecule has 10 aromatic carbocycles. The molecule has 4 heterocycles. The Kier molecular flexibility index (Phi) is 9.00. The molecular weight excluding hydrogens is 859 g/mol. The normalized spacial score (nSPS) is 11.8. The first kappa shape index (κ1) is 39.2. The number of para-hydroxylation sites is 3. The summed E-state index contributed by atoms with van der Waals surface area (Å²) in [6.45, 7) is 0. The second-order valence-electron chi connectivity index (χ2n) is 17.5. The van der Waals surface area contributed by atoms with Gasteiger partial charge in [0.25, 0.3) is 0 Å². The maximum absolute atomic E-state index is 5.48. The number of hydrogen-bond acceptors (Lipinski definition) is 4. The summed E-state index contributed by atoms with van der Waals surface area (Å²) in [5.41, 5.74) is 14.2. The number of hydrogen-bond donors (Lipinski definition) is 0. The van der Waals surface area contributed by atoms with Crippen LogP contribution in [-0.4, -0.2) is 24.1 Å². The van der Waals surface area contributed by atoms with Crippen molar-refractivity contribution in [3.8, 4) is 67.8 Å². The Morgan fingerprint density at radius 2 is 0.899 bits per heavy atom. The van der Waals surface area contributed by atoms with E-state index in [0.717, 1.165) is 66.3 Å². The van der Waals surface area contributed by atoms with Crippen molar-refractivity contribution < 1.29 is 0 Å². The van der Waals surface area contributed by atoms with Crippen molar-refractivity contribution >= 4 is 75.1 Å². The summed E-state index contributed by atoms with van der Waals surface area (Å²) >= 11 is 1.85. The van der Waals surface area contributed by atoms with Gasteiger partial charge in [0.1, 0.15) is 0 Å². The van der Waals surface area contributed by atoms with Crippen LogP contribution in [0.4, 0.5) is 0 Å². The van der Waals surface area contributed by atoms with Crippen molar-refractivity contribution in [2.24, 2.45) is 0 Å². The SMILES string of the molecule is c1ccc(-c2ccc3c(c2)c2c(-c4cccc(-c5nc(-c6ccccc6)nc(-n6c7ccccc7c7cccc(-c8cccc9c8sc8ccccc89)c76)n5)c4)cccc2n3-c2ccccc2)cc1. The highest BCUT2D eigenvalue weighted by molar-refractivity contribution is 7.26. The summed E-state index contributed by atoms with van der Waals surface area (Å²) in [5, 5.41) is 7.21. The topological polar surface area (TPSA) is 48.5 Å². The maximum Gasteiger partial charge on any atom is 0.238 e. The number of thiophene rings is 1. The zero-order valence-corrected chi connectivity index (χ0v) is 38.0. The molecule has 0 amide bonds. The fourth-order valence-corrected chi connectivity index (χ4v) is 11.7. The van der Waals surface area contributed by atoms with Gasteiger partial charge in [-0.1, -0.05) is 188 Å². The third kappa shape index (κ3) is 6.34. The molecule has 0 fully saturated rings. The van der Waals surface area contributed by atoms with E-state index < -0.39 is 0 Å². The van der Waals surface area contributed by atoms with Crippen LogP contribution in [0.2, 0.25) is 0 Å².